The van der Waals surface area contributed by atoms with Gasteiger partial charge >= 0.3 is 0 Å². The molecule has 78 valence electrons. The Morgan fingerprint density at radius 3 is 3.07 bits per heavy atom. The Morgan fingerprint density at radius 1 is 1.60 bits per heavy atom. The van der Waals surface area contributed by atoms with E-state index >= 15 is 0 Å². The van der Waals surface area contributed by atoms with Gasteiger partial charge in [0.2, 0.25) is 0 Å². The van der Waals surface area contributed by atoms with Crippen LogP contribution in [-0.4, -0.2) is 12.3 Å². The molecular weight excluding hydrogens is 188 g/mol. The second-order valence-corrected chi connectivity index (χ2v) is 3.30. The van der Waals surface area contributed by atoms with Gasteiger partial charge in [0.25, 0.3) is 0 Å². The maximum Gasteiger partial charge on any atom is 0.124 e. The van der Waals surface area contributed by atoms with Crippen LogP contribution in [0.25, 0.3) is 0 Å². The quantitative estimate of drug-likeness (QED) is 0.556. The summed E-state index contributed by atoms with van der Waals surface area (Å²) in [5.41, 5.74) is 1.50. The number of oxime groups is 1. The highest BCUT2D eigenvalue weighted by molar-refractivity contribution is 5.79. The Hall–Kier alpha value is -1.82. The second kappa shape index (κ2) is 5.82. The minimum atomic E-state index is 0.125. The third-order valence-corrected chi connectivity index (χ3v) is 2.03. The molecule has 1 aromatic carbocycles. The van der Waals surface area contributed by atoms with E-state index in [-0.39, 0.29) is 6.10 Å². The molecule has 0 aliphatic rings. The lowest BCUT2D eigenvalue weighted by Gasteiger charge is -2.04. The first-order chi connectivity index (χ1) is 7.26. The summed E-state index contributed by atoms with van der Waals surface area (Å²) in [5.74, 6) is 0. The van der Waals surface area contributed by atoms with Crippen molar-refractivity contribution in [2.45, 2.75) is 26.4 Å². The molecule has 0 fully saturated rings. The average molecular weight is 202 g/mol. The molecular formula is C12H14N2O. The third-order valence-electron chi connectivity index (χ3n) is 2.03. The maximum absolute atomic E-state index is 8.69. The number of nitriles is 1. The van der Waals surface area contributed by atoms with Crippen molar-refractivity contribution in [3.8, 4) is 6.07 Å². The molecule has 0 aromatic heterocycles. The monoisotopic (exact) mass is 202 g/mol. The van der Waals surface area contributed by atoms with Crippen LogP contribution < -0.4 is 0 Å². The fourth-order valence-electron chi connectivity index (χ4n) is 0.958. The van der Waals surface area contributed by atoms with Gasteiger partial charge in [-0.05, 0) is 31.0 Å². The smallest absolute Gasteiger partial charge is 0.124 e. The van der Waals surface area contributed by atoms with Gasteiger partial charge in [-0.25, -0.2) is 0 Å². The SMILES string of the molecule is CCC(C)ON=Cc1cccc(C#N)c1. The molecule has 0 saturated carbocycles. The summed E-state index contributed by atoms with van der Waals surface area (Å²) in [6, 6.07) is 9.30. The van der Waals surface area contributed by atoms with Gasteiger partial charge < -0.3 is 4.84 Å². The summed E-state index contributed by atoms with van der Waals surface area (Å²) < 4.78 is 0. The minimum Gasteiger partial charge on any atom is -0.393 e. The highest BCUT2D eigenvalue weighted by atomic mass is 16.6. The summed E-state index contributed by atoms with van der Waals surface area (Å²) in [5, 5.41) is 12.5. The lowest BCUT2D eigenvalue weighted by atomic mass is 10.1. The van der Waals surface area contributed by atoms with E-state index in [1.165, 1.54) is 0 Å². The van der Waals surface area contributed by atoms with Crippen molar-refractivity contribution in [3.63, 3.8) is 0 Å². The number of hydrogen-bond donors (Lipinski definition) is 0. The maximum atomic E-state index is 8.69. The van der Waals surface area contributed by atoms with Crippen molar-refractivity contribution in [2.75, 3.05) is 0 Å². The molecule has 0 radical (unpaired) electrons. The summed E-state index contributed by atoms with van der Waals surface area (Å²) in [6.45, 7) is 4.00. The van der Waals surface area contributed by atoms with Gasteiger partial charge in [-0.15, -0.1) is 0 Å². The molecule has 0 aliphatic heterocycles. The first-order valence-electron chi connectivity index (χ1n) is 4.95. The number of rotatable bonds is 4. The molecule has 3 heteroatoms. The average Bonchev–Trinajstić information content (AvgIpc) is 2.29. The van der Waals surface area contributed by atoms with Gasteiger partial charge in [0.05, 0.1) is 17.8 Å². The predicted octanol–water partition coefficient (Wildman–Crippen LogP) is 2.71. The van der Waals surface area contributed by atoms with E-state index in [4.69, 9.17) is 10.1 Å². The van der Waals surface area contributed by atoms with Crippen LogP contribution >= 0.6 is 0 Å². The lowest BCUT2D eigenvalue weighted by molar-refractivity contribution is 0.0712. The van der Waals surface area contributed by atoms with Crippen LogP contribution in [0, 0.1) is 11.3 Å². The Kier molecular flexibility index (Phi) is 4.36. The zero-order chi connectivity index (χ0) is 11.1. The highest BCUT2D eigenvalue weighted by Crippen LogP contribution is 2.02. The topological polar surface area (TPSA) is 45.4 Å². The molecule has 1 atom stereocenters. The molecule has 0 heterocycles. The van der Waals surface area contributed by atoms with Gasteiger partial charge in [0, 0.05) is 0 Å². The molecule has 15 heavy (non-hydrogen) atoms. The molecule has 1 aromatic rings. The van der Waals surface area contributed by atoms with Crippen molar-refractivity contribution in [2.24, 2.45) is 5.16 Å². The van der Waals surface area contributed by atoms with E-state index in [2.05, 4.69) is 11.2 Å². The van der Waals surface area contributed by atoms with Crippen LogP contribution in [0.5, 0.6) is 0 Å². The van der Waals surface area contributed by atoms with Crippen LogP contribution in [0.1, 0.15) is 31.4 Å². The third kappa shape index (κ3) is 3.82. The molecule has 1 unspecified atom stereocenters. The molecule has 0 aliphatic carbocycles. The Balaban J connectivity index is 2.61. The standard InChI is InChI=1S/C12H14N2O/c1-3-10(2)15-14-9-12-6-4-5-11(7-12)8-13/h4-7,9-10H,3H2,1-2H3. The van der Waals surface area contributed by atoms with Crippen molar-refractivity contribution < 1.29 is 4.84 Å². The summed E-state index contributed by atoms with van der Waals surface area (Å²) in [7, 11) is 0. The highest BCUT2D eigenvalue weighted by Gasteiger charge is 1.95. The van der Waals surface area contributed by atoms with Gasteiger partial charge in [-0.2, -0.15) is 5.26 Å². The van der Waals surface area contributed by atoms with E-state index in [1.807, 2.05) is 26.0 Å². The Labute approximate surface area is 90.0 Å². The normalized spacial score (nSPS) is 12.3. The van der Waals surface area contributed by atoms with Crippen LogP contribution in [0.4, 0.5) is 0 Å². The van der Waals surface area contributed by atoms with Gasteiger partial charge in [-0.1, -0.05) is 24.2 Å². The molecule has 0 saturated heterocycles. The van der Waals surface area contributed by atoms with Crippen molar-refractivity contribution >= 4 is 6.21 Å². The van der Waals surface area contributed by atoms with E-state index in [9.17, 15) is 0 Å². The number of nitrogens with zero attached hydrogens (tertiary/aromatic N) is 2. The van der Waals surface area contributed by atoms with E-state index < -0.39 is 0 Å². The van der Waals surface area contributed by atoms with Gasteiger partial charge in [0.1, 0.15) is 6.10 Å². The van der Waals surface area contributed by atoms with E-state index in [0.29, 0.717) is 5.56 Å². The molecule has 0 spiro atoms. The zero-order valence-corrected chi connectivity index (χ0v) is 8.97. The first-order valence-corrected chi connectivity index (χ1v) is 4.95. The number of benzene rings is 1. The van der Waals surface area contributed by atoms with E-state index in [1.54, 1.807) is 18.3 Å². The molecule has 0 bridgehead atoms. The predicted molar refractivity (Wildman–Crippen MR) is 59.6 cm³/mol. The molecule has 0 amide bonds. The number of hydrogen-bond acceptors (Lipinski definition) is 3. The Morgan fingerprint density at radius 2 is 2.40 bits per heavy atom. The van der Waals surface area contributed by atoms with Gasteiger partial charge in [-0.3, -0.25) is 0 Å². The van der Waals surface area contributed by atoms with Crippen molar-refractivity contribution in [3.05, 3.63) is 35.4 Å². The fourth-order valence-corrected chi connectivity index (χ4v) is 0.958. The van der Waals surface area contributed by atoms with Crippen molar-refractivity contribution in [1.29, 1.82) is 5.26 Å². The molecule has 1 rings (SSSR count). The first kappa shape index (κ1) is 11.3. The zero-order valence-electron chi connectivity index (χ0n) is 8.97. The van der Waals surface area contributed by atoms with Gasteiger partial charge in [0.15, 0.2) is 0 Å². The lowest BCUT2D eigenvalue weighted by Crippen LogP contribution is -2.01. The minimum absolute atomic E-state index is 0.125. The second-order valence-electron chi connectivity index (χ2n) is 3.30. The Bertz CT molecular complexity index is 379. The van der Waals surface area contributed by atoms with Crippen LogP contribution in [-0.2, 0) is 4.84 Å². The van der Waals surface area contributed by atoms with E-state index in [0.717, 1.165) is 12.0 Å². The van der Waals surface area contributed by atoms with Crippen LogP contribution in [0.15, 0.2) is 29.4 Å². The fraction of sp³-hybridized carbons (Fsp3) is 0.333. The summed E-state index contributed by atoms with van der Waals surface area (Å²) in [6.07, 6.45) is 2.67. The van der Waals surface area contributed by atoms with Crippen LogP contribution in [0.2, 0.25) is 0 Å². The summed E-state index contributed by atoms with van der Waals surface area (Å²) >= 11 is 0. The molecule has 0 N–H and O–H groups in total. The van der Waals surface area contributed by atoms with Crippen molar-refractivity contribution in [1.82, 2.24) is 0 Å². The molecule has 3 nitrogen and oxygen atoms in total. The largest absolute Gasteiger partial charge is 0.393 e. The van der Waals surface area contributed by atoms with Crippen LogP contribution in [0.3, 0.4) is 0 Å². The summed E-state index contributed by atoms with van der Waals surface area (Å²) in [4.78, 5) is 5.16.